The molecule has 0 aliphatic carbocycles. The minimum Gasteiger partial charge on any atom is -0.389 e. The van der Waals surface area contributed by atoms with Gasteiger partial charge in [0.25, 0.3) is 0 Å². The number of imide groups is 1. The van der Waals surface area contributed by atoms with E-state index in [0.717, 1.165) is 0 Å². The molecule has 1 aliphatic rings. The zero-order valence-corrected chi connectivity index (χ0v) is 9.43. The van der Waals surface area contributed by atoms with E-state index in [-0.39, 0.29) is 26.2 Å². The Labute approximate surface area is 99.1 Å². The monoisotopic (exact) mass is 243 g/mol. The zero-order chi connectivity index (χ0) is 12.8. The van der Waals surface area contributed by atoms with Crippen molar-refractivity contribution in [3.05, 3.63) is 12.7 Å². The van der Waals surface area contributed by atoms with Gasteiger partial charge in [0, 0.05) is 19.6 Å². The number of hydrogen-bond donors (Lipinski definition) is 4. The second-order valence-electron chi connectivity index (χ2n) is 3.88. The Hall–Kier alpha value is -1.44. The molecule has 17 heavy (non-hydrogen) atoms. The van der Waals surface area contributed by atoms with Gasteiger partial charge in [0.1, 0.15) is 0 Å². The van der Waals surface area contributed by atoms with E-state index in [1.807, 2.05) is 0 Å². The van der Waals surface area contributed by atoms with Gasteiger partial charge in [0.2, 0.25) is 5.91 Å². The van der Waals surface area contributed by atoms with E-state index in [4.69, 9.17) is 0 Å². The third-order valence-corrected chi connectivity index (χ3v) is 2.36. The first kappa shape index (κ1) is 13.6. The number of aliphatic hydroxyl groups excluding tert-OH is 2. The van der Waals surface area contributed by atoms with Crippen LogP contribution in [0, 0.1) is 0 Å². The minimum absolute atomic E-state index is 0.0321. The molecule has 0 aromatic heterocycles. The molecule has 7 nitrogen and oxygen atoms in total. The molecule has 7 heteroatoms. The topological polar surface area (TPSA) is 102 Å². The Morgan fingerprint density at radius 3 is 2.47 bits per heavy atom. The van der Waals surface area contributed by atoms with Crippen molar-refractivity contribution < 1.29 is 19.8 Å². The van der Waals surface area contributed by atoms with E-state index >= 15 is 0 Å². The molecule has 4 N–H and O–H groups in total. The molecular weight excluding hydrogens is 226 g/mol. The molecule has 1 fully saturated rings. The second kappa shape index (κ2) is 6.33. The fraction of sp³-hybridized carbons (Fsp3) is 0.600. The van der Waals surface area contributed by atoms with Crippen LogP contribution < -0.4 is 10.6 Å². The van der Waals surface area contributed by atoms with Crippen LogP contribution in [0.25, 0.3) is 0 Å². The summed E-state index contributed by atoms with van der Waals surface area (Å²) >= 11 is 0. The highest BCUT2D eigenvalue weighted by Crippen LogP contribution is 2.08. The number of amides is 3. The van der Waals surface area contributed by atoms with Gasteiger partial charge >= 0.3 is 6.03 Å². The predicted octanol–water partition coefficient (Wildman–Crippen LogP) is -1.96. The van der Waals surface area contributed by atoms with Crippen LogP contribution >= 0.6 is 0 Å². The second-order valence-corrected chi connectivity index (χ2v) is 3.88. The molecule has 0 aromatic carbocycles. The fourth-order valence-corrected chi connectivity index (χ4v) is 1.55. The molecule has 3 amide bonds. The molecule has 0 bridgehead atoms. The summed E-state index contributed by atoms with van der Waals surface area (Å²) in [6.07, 6.45) is -0.174. The van der Waals surface area contributed by atoms with Gasteiger partial charge in [0.05, 0.1) is 18.8 Å². The number of urea groups is 1. The van der Waals surface area contributed by atoms with Crippen LogP contribution in [0.15, 0.2) is 12.7 Å². The Morgan fingerprint density at radius 2 is 1.94 bits per heavy atom. The number of rotatable bonds is 4. The van der Waals surface area contributed by atoms with Crippen molar-refractivity contribution in [2.75, 3.05) is 26.2 Å². The Balaban J connectivity index is 2.25. The van der Waals surface area contributed by atoms with Gasteiger partial charge in [-0.15, -0.1) is 6.58 Å². The zero-order valence-electron chi connectivity index (χ0n) is 9.43. The number of β-amino-alcohol motifs (C(OH)–C–C–N with tert-alkyl or cyclic N) is 2. The van der Waals surface area contributed by atoms with Crippen molar-refractivity contribution in [3.63, 3.8) is 0 Å². The first-order valence-corrected chi connectivity index (χ1v) is 5.30. The van der Waals surface area contributed by atoms with Crippen LogP contribution in [0.5, 0.6) is 0 Å². The smallest absolute Gasteiger partial charge is 0.321 e. The molecule has 1 heterocycles. The van der Waals surface area contributed by atoms with Crippen LogP contribution in [0.3, 0.4) is 0 Å². The molecule has 2 unspecified atom stereocenters. The Bertz CT molecular complexity index is 298. The van der Waals surface area contributed by atoms with Crippen LogP contribution in [0.1, 0.15) is 0 Å². The van der Waals surface area contributed by atoms with E-state index in [9.17, 15) is 19.8 Å². The van der Waals surface area contributed by atoms with Crippen molar-refractivity contribution in [2.24, 2.45) is 0 Å². The minimum atomic E-state index is -0.836. The van der Waals surface area contributed by atoms with Crippen molar-refractivity contribution in [1.29, 1.82) is 0 Å². The average Bonchev–Trinajstić information content (AvgIpc) is 2.54. The summed E-state index contributed by atoms with van der Waals surface area (Å²) in [5.74, 6) is -0.479. The van der Waals surface area contributed by atoms with Crippen molar-refractivity contribution >= 4 is 11.9 Å². The lowest BCUT2D eigenvalue weighted by Crippen LogP contribution is -2.44. The van der Waals surface area contributed by atoms with E-state index < -0.39 is 24.1 Å². The number of nitrogens with one attached hydrogen (secondary N) is 2. The third kappa shape index (κ3) is 4.51. The molecule has 0 spiro atoms. The number of nitrogens with zero attached hydrogens (tertiary/aromatic N) is 1. The first-order chi connectivity index (χ1) is 8.02. The number of carbonyl (C=O) groups is 2. The molecule has 1 rings (SSSR count). The van der Waals surface area contributed by atoms with Gasteiger partial charge in [0.15, 0.2) is 0 Å². The van der Waals surface area contributed by atoms with Gasteiger partial charge in [-0.05, 0) is 0 Å². The summed E-state index contributed by atoms with van der Waals surface area (Å²) in [6, 6.07) is -0.588. The summed E-state index contributed by atoms with van der Waals surface area (Å²) in [5, 5.41) is 23.1. The Kier molecular flexibility index (Phi) is 5.08. The van der Waals surface area contributed by atoms with Gasteiger partial charge in [-0.3, -0.25) is 15.0 Å². The number of hydrogen-bond acceptors (Lipinski definition) is 5. The summed E-state index contributed by atoms with van der Waals surface area (Å²) in [5.41, 5.74) is 0. The standard InChI is InChI=1S/C10H17N3O4/c1-2-3-11-10(17)12-9(16)6-13-4-7(14)8(15)5-13/h2,7-8,14-15H,1,3-6H2,(H2,11,12,16,17). The van der Waals surface area contributed by atoms with Crippen LogP contribution in [-0.4, -0.2) is 65.4 Å². The van der Waals surface area contributed by atoms with Gasteiger partial charge in [-0.25, -0.2) is 4.79 Å². The number of likely N-dealkylation sites (tertiary alicyclic amines) is 1. The molecular formula is C10H17N3O4. The van der Waals surface area contributed by atoms with E-state index in [1.54, 1.807) is 4.90 Å². The van der Waals surface area contributed by atoms with Crippen LogP contribution in [-0.2, 0) is 4.79 Å². The lowest BCUT2D eigenvalue weighted by molar-refractivity contribution is -0.121. The normalized spacial score (nSPS) is 24.4. The molecule has 1 aliphatic heterocycles. The first-order valence-electron chi connectivity index (χ1n) is 5.30. The van der Waals surface area contributed by atoms with Gasteiger partial charge in [-0.2, -0.15) is 0 Å². The van der Waals surface area contributed by atoms with E-state index in [0.29, 0.717) is 0 Å². The highest BCUT2D eigenvalue weighted by Gasteiger charge is 2.30. The fourth-order valence-electron chi connectivity index (χ4n) is 1.55. The maximum absolute atomic E-state index is 11.4. The summed E-state index contributed by atoms with van der Waals surface area (Å²) in [6.45, 7) is 4.12. The molecule has 0 aromatic rings. The van der Waals surface area contributed by atoms with Gasteiger partial charge in [-0.1, -0.05) is 6.08 Å². The quantitative estimate of drug-likeness (QED) is 0.429. The molecule has 96 valence electrons. The SMILES string of the molecule is C=CCNC(=O)NC(=O)CN1CC(O)C(O)C1. The van der Waals surface area contributed by atoms with E-state index in [1.165, 1.54) is 6.08 Å². The van der Waals surface area contributed by atoms with Crippen molar-refractivity contribution in [3.8, 4) is 0 Å². The maximum atomic E-state index is 11.4. The van der Waals surface area contributed by atoms with E-state index in [2.05, 4.69) is 17.2 Å². The third-order valence-electron chi connectivity index (χ3n) is 2.36. The van der Waals surface area contributed by atoms with Crippen molar-refractivity contribution in [2.45, 2.75) is 12.2 Å². The highest BCUT2D eigenvalue weighted by molar-refractivity contribution is 5.95. The average molecular weight is 243 g/mol. The van der Waals surface area contributed by atoms with Gasteiger partial charge < -0.3 is 15.5 Å². The highest BCUT2D eigenvalue weighted by atomic mass is 16.3. The van der Waals surface area contributed by atoms with Crippen LogP contribution in [0.4, 0.5) is 4.79 Å². The van der Waals surface area contributed by atoms with Crippen LogP contribution in [0.2, 0.25) is 0 Å². The molecule has 0 saturated carbocycles. The number of carbonyl (C=O) groups excluding carboxylic acids is 2. The lowest BCUT2D eigenvalue weighted by atomic mass is 10.3. The predicted molar refractivity (Wildman–Crippen MR) is 60.2 cm³/mol. The summed E-state index contributed by atoms with van der Waals surface area (Å²) < 4.78 is 0. The van der Waals surface area contributed by atoms with Crippen molar-refractivity contribution in [1.82, 2.24) is 15.5 Å². The maximum Gasteiger partial charge on any atom is 0.321 e. The Morgan fingerprint density at radius 1 is 1.35 bits per heavy atom. The molecule has 0 radical (unpaired) electrons. The largest absolute Gasteiger partial charge is 0.389 e. The summed E-state index contributed by atoms with van der Waals surface area (Å²) in [7, 11) is 0. The lowest BCUT2D eigenvalue weighted by Gasteiger charge is -2.13. The molecule has 2 atom stereocenters. The summed E-state index contributed by atoms with van der Waals surface area (Å²) in [4.78, 5) is 24.1. The molecule has 1 saturated heterocycles. The number of aliphatic hydroxyl groups is 2.